The lowest BCUT2D eigenvalue weighted by Crippen LogP contribution is -2.21. The molecule has 25 heavy (non-hydrogen) atoms. The summed E-state index contributed by atoms with van der Waals surface area (Å²) in [6, 6.07) is 7.75. The zero-order valence-electron chi connectivity index (χ0n) is 14.2. The second kappa shape index (κ2) is 5.43. The molecule has 0 saturated heterocycles. The Hall–Kier alpha value is -2.66. The van der Waals surface area contributed by atoms with Crippen LogP contribution in [-0.2, 0) is 9.53 Å². The van der Waals surface area contributed by atoms with Crippen LogP contribution in [0.5, 0.6) is 0 Å². The van der Waals surface area contributed by atoms with Crippen LogP contribution in [0.3, 0.4) is 0 Å². The van der Waals surface area contributed by atoms with Crippen LogP contribution in [0, 0.1) is 6.92 Å². The Balaban J connectivity index is 1.86. The van der Waals surface area contributed by atoms with Crippen LogP contribution in [0.4, 0.5) is 5.69 Å². The van der Waals surface area contributed by atoms with Crippen molar-refractivity contribution in [1.29, 1.82) is 0 Å². The summed E-state index contributed by atoms with van der Waals surface area (Å²) >= 11 is 1.40. The van der Waals surface area contributed by atoms with Crippen LogP contribution in [-0.4, -0.2) is 17.8 Å². The smallest absolute Gasteiger partial charge is 0.260 e. The van der Waals surface area contributed by atoms with Crippen molar-refractivity contribution in [3.05, 3.63) is 63.0 Å². The normalized spacial score (nSPS) is 20.8. The maximum absolute atomic E-state index is 12.5. The maximum atomic E-state index is 12.5. The van der Waals surface area contributed by atoms with Crippen LogP contribution in [0.25, 0.3) is 11.1 Å². The first-order valence-corrected chi connectivity index (χ1v) is 8.89. The van der Waals surface area contributed by atoms with Gasteiger partial charge in [0.1, 0.15) is 11.4 Å². The highest BCUT2D eigenvalue weighted by molar-refractivity contribution is 7.11. The van der Waals surface area contributed by atoms with Crippen LogP contribution in [0.15, 0.2) is 41.5 Å². The average Bonchev–Trinajstić information content (AvgIpc) is 3.21. The molecule has 2 aliphatic heterocycles. The monoisotopic (exact) mass is 351 g/mol. The van der Waals surface area contributed by atoms with Gasteiger partial charge in [-0.05, 0) is 55.5 Å². The fourth-order valence-corrected chi connectivity index (χ4v) is 4.01. The van der Waals surface area contributed by atoms with Crippen molar-refractivity contribution in [3.8, 4) is 0 Å². The zero-order valence-corrected chi connectivity index (χ0v) is 15.0. The number of carbonyl (C=O) groups is 2. The number of allylic oxidation sites excluding steroid dienone is 1. The van der Waals surface area contributed by atoms with Crippen LogP contribution in [0.1, 0.15) is 40.2 Å². The topological polar surface area (TPSA) is 55.4 Å². The number of aldehydes is 1. The van der Waals surface area contributed by atoms with E-state index in [1.807, 2.05) is 56.5 Å². The Labute approximate surface area is 149 Å². The van der Waals surface area contributed by atoms with E-state index in [9.17, 15) is 9.59 Å². The van der Waals surface area contributed by atoms with Crippen molar-refractivity contribution in [2.45, 2.75) is 26.4 Å². The average molecular weight is 351 g/mol. The predicted molar refractivity (Wildman–Crippen MR) is 99.6 cm³/mol. The number of carbonyl (C=O) groups excluding carboxylic acids is 2. The van der Waals surface area contributed by atoms with Gasteiger partial charge in [0.25, 0.3) is 5.91 Å². The van der Waals surface area contributed by atoms with Gasteiger partial charge in [0.05, 0.1) is 10.5 Å². The summed E-state index contributed by atoms with van der Waals surface area (Å²) in [5, 5.41) is 4.85. The number of amides is 1. The molecule has 0 spiro atoms. The molecule has 0 radical (unpaired) electrons. The van der Waals surface area contributed by atoms with E-state index in [2.05, 4.69) is 5.32 Å². The first kappa shape index (κ1) is 15.8. The van der Waals surface area contributed by atoms with E-state index in [1.54, 1.807) is 0 Å². The summed E-state index contributed by atoms with van der Waals surface area (Å²) in [6.07, 6.45) is 2.76. The zero-order chi connectivity index (χ0) is 17.8. The Kier molecular flexibility index (Phi) is 3.44. The molecule has 3 heterocycles. The Morgan fingerprint density at radius 2 is 2.04 bits per heavy atom. The van der Waals surface area contributed by atoms with Gasteiger partial charge in [-0.2, -0.15) is 0 Å². The lowest BCUT2D eigenvalue weighted by Gasteiger charge is -2.22. The molecule has 2 aliphatic rings. The number of nitrogens with one attached hydrogen (secondary N) is 1. The van der Waals surface area contributed by atoms with Gasteiger partial charge in [0.15, 0.2) is 6.29 Å². The standard InChI is InChI=1S/C20H17NO3S/c1-11-4-5-14-16(6-11)21-19(23)18(14)17-8-15(20(2,3)24-17)12-7-13(9-22)25-10-12/h4-10H,1-3H3,(H,21,23)/b18-17+. The highest BCUT2D eigenvalue weighted by Crippen LogP contribution is 2.45. The van der Waals surface area contributed by atoms with E-state index in [4.69, 9.17) is 4.74 Å². The number of fused-ring (bicyclic) bond motifs is 1. The molecule has 1 N–H and O–H groups in total. The van der Waals surface area contributed by atoms with Crippen LogP contribution >= 0.6 is 11.3 Å². The van der Waals surface area contributed by atoms with Gasteiger partial charge >= 0.3 is 0 Å². The Morgan fingerprint density at radius 1 is 1.24 bits per heavy atom. The van der Waals surface area contributed by atoms with Crippen LogP contribution in [0.2, 0.25) is 0 Å². The molecular weight excluding hydrogens is 334 g/mol. The molecular formula is C20H17NO3S. The Bertz CT molecular complexity index is 979. The van der Waals surface area contributed by atoms with Crippen molar-refractivity contribution >= 4 is 40.4 Å². The van der Waals surface area contributed by atoms with Gasteiger partial charge in [0, 0.05) is 16.8 Å². The lowest BCUT2D eigenvalue weighted by molar-refractivity contribution is -0.111. The summed E-state index contributed by atoms with van der Waals surface area (Å²) < 4.78 is 6.14. The second-order valence-corrected chi connectivity index (χ2v) is 7.71. The summed E-state index contributed by atoms with van der Waals surface area (Å²) in [7, 11) is 0. The third-order valence-electron chi connectivity index (χ3n) is 4.50. The van der Waals surface area contributed by atoms with Gasteiger partial charge in [-0.25, -0.2) is 0 Å². The second-order valence-electron chi connectivity index (χ2n) is 6.77. The van der Waals surface area contributed by atoms with Gasteiger partial charge in [0.2, 0.25) is 0 Å². The van der Waals surface area contributed by atoms with E-state index in [0.29, 0.717) is 16.2 Å². The highest BCUT2D eigenvalue weighted by Gasteiger charge is 2.38. The third-order valence-corrected chi connectivity index (χ3v) is 5.36. The molecule has 0 fully saturated rings. The van der Waals surface area contributed by atoms with Gasteiger partial charge in [-0.15, -0.1) is 11.3 Å². The molecule has 2 aromatic rings. The fraction of sp³-hybridized carbons (Fsp3) is 0.200. The van der Waals surface area contributed by atoms with Gasteiger partial charge in [-0.3, -0.25) is 9.59 Å². The first-order valence-electron chi connectivity index (χ1n) is 8.01. The summed E-state index contributed by atoms with van der Waals surface area (Å²) in [5.41, 5.74) is 4.67. The van der Waals surface area contributed by atoms with Crippen molar-refractivity contribution < 1.29 is 14.3 Å². The number of ether oxygens (including phenoxy) is 1. The molecule has 4 nitrogen and oxygen atoms in total. The minimum absolute atomic E-state index is 0.150. The molecule has 0 bridgehead atoms. The molecule has 0 unspecified atom stereocenters. The van der Waals surface area contributed by atoms with E-state index in [0.717, 1.165) is 34.2 Å². The number of benzene rings is 1. The lowest BCUT2D eigenvalue weighted by atomic mass is 9.94. The van der Waals surface area contributed by atoms with Crippen molar-refractivity contribution in [1.82, 2.24) is 0 Å². The molecule has 5 heteroatoms. The number of aryl methyl sites for hydroxylation is 1. The largest absolute Gasteiger partial charge is 0.482 e. The summed E-state index contributed by atoms with van der Waals surface area (Å²) in [4.78, 5) is 24.2. The van der Waals surface area contributed by atoms with E-state index >= 15 is 0 Å². The number of hydrogen-bond acceptors (Lipinski definition) is 4. The summed E-state index contributed by atoms with van der Waals surface area (Å²) in [6.45, 7) is 5.92. The molecule has 0 saturated carbocycles. The predicted octanol–water partition coefficient (Wildman–Crippen LogP) is 4.42. The number of thiophene rings is 1. The van der Waals surface area contributed by atoms with Crippen molar-refractivity contribution in [2.24, 2.45) is 0 Å². The highest BCUT2D eigenvalue weighted by atomic mass is 32.1. The van der Waals surface area contributed by atoms with Crippen LogP contribution < -0.4 is 5.32 Å². The van der Waals surface area contributed by atoms with E-state index < -0.39 is 5.60 Å². The SMILES string of the molecule is Cc1ccc2c(c1)NC(=O)/C2=C1\C=C(c2csc(C=O)c2)C(C)(C)O1. The molecule has 1 amide bonds. The first-order chi connectivity index (χ1) is 11.9. The molecule has 4 rings (SSSR count). The number of rotatable bonds is 2. The molecule has 1 aromatic carbocycles. The third kappa shape index (κ3) is 2.51. The van der Waals surface area contributed by atoms with E-state index in [1.165, 1.54) is 11.3 Å². The minimum atomic E-state index is -0.572. The maximum Gasteiger partial charge on any atom is 0.260 e. The molecule has 126 valence electrons. The quantitative estimate of drug-likeness (QED) is 0.643. The molecule has 0 atom stereocenters. The van der Waals surface area contributed by atoms with Crippen molar-refractivity contribution in [2.75, 3.05) is 5.32 Å². The Morgan fingerprint density at radius 3 is 2.76 bits per heavy atom. The summed E-state index contributed by atoms with van der Waals surface area (Å²) in [5.74, 6) is 0.418. The number of hydrogen-bond donors (Lipinski definition) is 1. The van der Waals surface area contributed by atoms with Gasteiger partial charge < -0.3 is 10.1 Å². The number of anilines is 1. The van der Waals surface area contributed by atoms with Gasteiger partial charge in [-0.1, -0.05) is 12.1 Å². The minimum Gasteiger partial charge on any atom is -0.482 e. The molecule has 0 aliphatic carbocycles. The molecule has 1 aromatic heterocycles. The van der Waals surface area contributed by atoms with Crippen molar-refractivity contribution in [3.63, 3.8) is 0 Å². The van der Waals surface area contributed by atoms with E-state index in [-0.39, 0.29) is 5.91 Å². The fourth-order valence-electron chi connectivity index (χ4n) is 3.31.